The van der Waals surface area contributed by atoms with Crippen LogP contribution in [-0.2, 0) is 9.53 Å². The molecule has 0 N–H and O–H groups in total. The summed E-state index contributed by atoms with van der Waals surface area (Å²) in [5.74, 6) is 0.806. The van der Waals surface area contributed by atoms with Gasteiger partial charge in [0.15, 0.2) is 0 Å². The Hall–Kier alpha value is -0.0900. The average molecular weight is 218 g/mol. The van der Waals surface area contributed by atoms with Crippen LogP contribution in [0.15, 0.2) is 12.2 Å². The first kappa shape index (κ1) is 11.0. The Morgan fingerprint density at radius 3 is 2.85 bits per heavy atom. The molecule has 0 aromatic carbocycles. The van der Waals surface area contributed by atoms with E-state index in [1.54, 1.807) is 6.92 Å². The summed E-state index contributed by atoms with van der Waals surface area (Å²) in [5.41, 5.74) is 0.476. The average Bonchev–Trinajstić information content (AvgIpc) is 2.47. The maximum Gasteiger partial charge on any atom is 0.333 e. The third kappa shape index (κ3) is 3.65. The van der Waals surface area contributed by atoms with Gasteiger partial charge in [0.25, 0.3) is 0 Å². The van der Waals surface area contributed by atoms with Crippen molar-refractivity contribution in [1.82, 2.24) is 0 Å². The quantitative estimate of drug-likeness (QED) is 0.536. The molecule has 1 aliphatic rings. The van der Waals surface area contributed by atoms with E-state index in [1.807, 2.05) is 23.5 Å². The monoisotopic (exact) mass is 218 g/mol. The van der Waals surface area contributed by atoms with Crippen LogP contribution in [0.5, 0.6) is 0 Å². The lowest BCUT2D eigenvalue weighted by molar-refractivity contribution is -0.138. The maximum atomic E-state index is 11.0. The standard InChI is InChI=1S/C9H14O2S2/c1-6(2)9(10)11-4-8-5-12-7(3)13-8/h7-8H,1,4-5H2,2-3H3. The minimum absolute atomic E-state index is 0.273. The van der Waals surface area contributed by atoms with Crippen molar-refractivity contribution in [2.75, 3.05) is 12.4 Å². The fraction of sp³-hybridized carbons (Fsp3) is 0.667. The van der Waals surface area contributed by atoms with Crippen molar-refractivity contribution in [2.45, 2.75) is 23.7 Å². The lowest BCUT2D eigenvalue weighted by Crippen LogP contribution is -2.16. The van der Waals surface area contributed by atoms with Gasteiger partial charge in [0.2, 0.25) is 0 Å². The summed E-state index contributed by atoms with van der Waals surface area (Å²) in [6, 6.07) is 0. The van der Waals surface area contributed by atoms with Gasteiger partial charge in [-0.05, 0) is 13.8 Å². The highest BCUT2D eigenvalue weighted by Crippen LogP contribution is 2.37. The molecule has 2 unspecified atom stereocenters. The number of carbonyl (C=O) groups is 1. The molecule has 13 heavy (non-hydrogen) atoms. The molecule has 0 spiro atoms. The highest BCUT2D eigenvalue weighted by atomic mass is 32.2. The second kappa shape index (κ2) is 4.96. The third-order valence-corrected chi connectivity index (χ3v) is 4.74. The van der Waals surface area contributed by atoms with Crippen LogP contribution in [0, 0.1) is 0 Å². The molecule has 74 valence electrons. The zero-order valence-corrected chi connectivity index (χ0v) is 9.54. The number of thioether (sulfide) groups is 2. The van der Waals surface area contributed by atoms with E-state index in [2.05, 4.69) is 13.5 Å². The normalized spacial score (nSPS) is 27.2. The molecule has 1 aliphatic heterocycles. The van der Waals surface area contributed by atoms with E-state index in [0.29, 0.717) is 22.0 Å². The second-order valence-corrected chi connectivity index (χ2v) is 6.36. The van der Waals surface area contributed by atoms with E-state index in [1.165, 1.54) is 0 Å². The Bertz CT molecular complexity index is 216. The Morgan fingerprint density at radius 1 is 1.69 bits per heavy atom. The van der Waals surface area contributed by atoms with E-state index in [4.69, 9.17) is 4.74 Å². The maximum absolute atomic E-state index is 11.0. The van der Waals surface area contributed by atoms with Gasteiger partial charge < -0.3 is 4.74 Å². The van der Waals surface area contributed by atoms with Crippen LogP contribution in [0.4, 0.5) is 0 Å². The molecule has 0 aliphatic carbocycles. The van der Waals surface area contributed by atoms with Crippen molar-refractivity contribution >= 4 is 29.5 Å². The van der Waals surface area contributed by atoms with E-state index in [-0.39, 0.29) is 5.97 Å². The predicted molar refractivity (Wildman–Crippen MR) is 59.1 cm³/mol. The largest absolute Gasteiger partial charge is 0.461 e. The van der Waals surface area contributed by atoms with Gasteiger partial charge in [-0.1, -0.05) is 6.58 Å². The molecule has 1 rings (SSSR count). The fourth-order valence-corrected chi connectivity index (χ4v) is 3.81. The highest BCUT2D eigenvalue weighted by Gasteiger charge is 2.23. The predicted octanol–water partition coefficient (Wildman–Crippen LogP) is 2.30. The molecule has 1 saturated heterocycles. The molecule has 2 nitrogen and oxygen atoms in total. The summed E-state index contributed by atoms with van der Waals surface area (Å²) in [6.45, 7) is 7.89. The molecule has 0 amide bonds. The van der Waals surface area contributed by atoms with Crippen molar-refractivity contribution in [1.29, 1.82) is 0 Å². The van der Waals surface area contributed by atoms with Gasteiger partial charge >= 0.3 is 5.97 Å². The van der Waals surface area contributed by atoms with Crippen LogP contribution in [0.25, 0.3) is 0 Å². The molecule has 0 aromatic heterocycles. The minimum Gasteiger partial charge on any atom is -0.461 e. The SMILES string of the molecule is C=C(C)C(=O)OCC1CSC(C)S1. The molecule has 0 saturated carbocycles. The van der Waals surface area contributed by atoms with Gasteiger partial charge in [0, 0.05) is 21.2 Å². The molecule has 0 bridgehead atoms. The first-order valence-electron chi connectivity index (χ1n) is 4.19. The fourth-order valence-electron chi connectivity index (χ4n) is 0.972. The van der Waals surface area contributed by atoms with Gasteiger partial charge in [-0.25, -0.2) is 4.79 Å². The third-order valence-electron chi connectivity index (χ3n) is 1.65. The molecule has 1 fully saturated rings. The minimum atomic E-state index is -0.273. The van der Waals surface area contributed by atoms with E-state index in [0.717, 1.165) is 5.75 Å². The zero-order valence-electron chi connectivity index (χ0n) is 7.91. The van der Waals surface area contributed by atoms with Crippen molar-refractivity contribution < 1.29 is 9.53 Å². The van der Waals surface area contributed by atoms with Gasteiger partial charge in [-0.15, -0.1) is 23.5 Å². The van der Waals surface area contributed by atoms with Crippen molar-refractivity contribution in [2.24, 2.45) is 0 Å². The van der Waals surface area contributed by atoms with E-state index in [9.17, 15) is 4.79 Å². The van der Waals surface area contributed by atoms with Gasteiger partial charge in [-0.2, -0.15) is 0 Å². The first-order valence-corrected chi connectivity index (χ1v) is 6.18. The molecular weight excluding hydrogens is 204 g/mol. The number of carbonyl (C=O) groups excluding carboxylic acids is 1. The Balaban J connectivity index is 2.20. The molecule has 0 radical (unpaired) electrons. The van der Waals surface area contributed by atoms with Crippen LogP contribution in [0.1, 0.15) is 13.8 Å². The van der Waals surface area contributed by atoms with Crippen LogP contribution in [0.2, 0.25) is 0 Å². The first-order chi connectivity index (χ1) is 6.09. The van der Waals surface area contributed by atoms with Crippen LogP contribution < -0.4 is 0 Å². The van der Waals surface area contributed by atoms with Crippen LogP contribution in [-0.4, -0.2) is 28.2 Å². The molecule has 2 atom stereocenters. The van der Waals surface area contributed by atoms with Crippen molar-refractivity contribution in [3.05, 3.63) is 12.2 Å². The van der Waals surface area contributed by atoms with Crippen LogP contribution >= 0.6 is 23.5 Å². The highest BCUT2D eigenvalue weighted by molar-refractivity contribution is 8.20. The molecular formula is C9H14O2S2. The number of ether oxygens (including phenoxy) is 1. The molecule has 4 heteroatoms. The van der Waals surface area contributed by atoms with E-state index >= 15 is 0 Å². The second-order valence-electron chi connectivity index (χ2n) is 3.04. The number of hydrogen-bond donors (Lipinski definition) is 0. The summed E-state index contributed by atoms with van der Waals surface area (Å²) < 4.78 is 5.70. The summed E-state index contributed by atoms with van der Waals surface area (Å²) in [6.07, 6.45) is 0. The van der Waals surface area contributed by atoms with Crippen molar-refractivity contribution in [3.8, 4) is 0 Å². The van der Waals surface area contributed by atoms with E-state index < -0.39 is 0 Å². The Morgan fingerprint density at radius 2 is 2.38 bits per heavy atom. The van der Waals surface area contributed by atoms with Gasteiger partial charge in [0.05, 0.1) is 0 Å². The summed E-state index contributed by atoms with van der Waals surface area (Å²) in [7, 11) is 0. The number of esters is 1. The number of hydrogen-bond acceptors (Lipinski definition) is 4. The molecule has 0 aromatic rings. The van der Waals surface area contributed by atoms with Crippen molar-refractivity contribution in [3.63, 3.8) is 0 Å². The molecule has 1 heterocycles. The number of rotatable bonds is 3. The summed E-state index contributed by atoms with van der Waals surface area (Å²) >= 11 is 3.79. The summed E-state index contributed by atoms with van der Waals surface area (Å²) in [5, 5.41) is 0.461. The van der Waals surface area contributed by atoms with Gasteiger partial charge in [-0.3, -0.25) is 0 Å². The topological polar surface area (TPSA) is 26.3 Å². The van der Waals surface area contributed by atoms with Gasteiger partial charge in [0.1, 0.15) is 6.61 Å². The lowest BCUT2D eigenvalue weighted by Gasteiger charge is -2.08. The van der Waals surface area contributed by atoms with Crippen LogP contribution in [0.3, 0.4) is 0 Å². The Labute approximate surface area is 87.5 Å². The summed E-state index contributed by atoms with van der Waals surface area (Å²) in [4.78, 5) is 11.0. The zero-order chi connectivity index (χ0) is 9.84. The Kier molecular flexibility index (Phi) is 4.19. The lowest BCUT2D eigenvalue weighted by atomic mass is 10.4. The smallest absolute Gasteiger partial charge is 0.333 e.